The van der Waals surface area contributed by atoms with Crippen molar-refractivity contribution in [3.8, 4) is 0 Å². The standard InChI is InChI=1S/C16H21N3O2/c20-14-7-12(13-8-17-9-19(13)11-5-6-11)15(16(21)18-14)10-3-1-2-4-10/h8-12,15H,1-7H2,(H,18,20,21). The van der Waals surface area contributed by atoms with Crippen molar-refractivity contribution in [1.29, 1.82) is 0 Å². The highest BCUT2D eigenvalue weighted by Gasteiger charge is 2.44. The maximum Gasteiger partial charge on any atom is 0.230 e. The van der Waals surface area contributed by atoms with E-state index in [1.165, 1.54) is 25.7 Å². The van der Waals surface area contributed by atoms with E-state index >= 15 is 0 Å². The van der Waals surface area contributed by atoms with Crippen molar-refractivity contribution >= 4 is 11.8 Å². The van der Waals surface area contributed by atoms with Crippen LogP contribution in [0.15, 0.2) is 12.5 Å². The van der Waals surface area contributed by atoms with Gasteiger partial charge in [0.2, 0.25) is 11.8 Å². The topological polar surface area (TPSA) is 64.0 Å². The van der Waals surface area contributed by atoms with Crippen LogP contribution in [-0.4, -0.2) is 21.4 Å². The summed E-state index contributed by atoms with van der Waals surface area (Å²) in [5.74, 6) is 0.178. The molecule has 21 heavy (non-hydrogen) atoms. The summed E-state index contributed by atoms with van der Waals surface area (Å²) in [6.45, 7) is 0. The lowest BCUT2D eigenvalue weighted by Crippen LogP contribution is -2.47. The number of piperidine rings is 1. The first-order chi connectivity index (χ1) is 10.2. The van der Waals surface area contributed by atoms with Gasteiger partial charge in [-0.15, -0.1) is 0 Å². The van der Waals surface area contributed by atoms with Crippen LogP contribution in [0.1, 0.15) is 62.6 Å². The van der Waals surface area contributed by atoms with Crippen LogP contribution in [0.4, 0.5) is 0 Å². The van der Waals surface area contributed by atoms with Crippen LogP contribution >= 0.6 is 0 Å². The van der Waals surface area contributed by atoms with Gasteiger partial charge in [-0.05, 0) is 31.6 Å². The maximum atomic E-state index is 12.4. The molecule has 4 rings (SSSR count). The number of aromatic nitrogens is 2. The van der Waals surface area contributed by atoms with Crippen LogP contribution in [0, 0.1) is 11.8 Å². The summed E-state index contributed by atoms with van der Waals surface area (Å²) in [6.07, 6.45) is 11.2. The molecule has 1 N–H and O–H groups in total. The van der Waals surface area contributed by atoms with E-state index in [2.05, 4.69) is 14.9 Å². The molecule has 0 radical (unpaired) electrons. The monoisotopic (exact) mass is 287 g/mol. The van der Waals surface area contributed by atoms with Crippen LogP contribution < -0.4 is 5.32 Å². The lowest BCUT2D eigenvalue weighted by Gasteiger charge is -2.34. The summed E-state index contributed by atoms with van der Waals surface area (Å²) in [5, 5.41) is 2.55. The Morgan fingerprint density at radius 3 is 2.62 bits per heavy atom. The molecule has 0 spiro atoms. The summed E-state index contributed by atoms with van der Waals surface area (Å²) >= 11 is 0. The number of amides is 2. The Morgan fingerprint density at radius 2 is 1.90 bits per heavy atom. The smallest absolute Gasteiger partial charge is 0.230 e. The van der Waals surface area contributed by atoms with E-state index in [1.807, 2.05) is 12.5 Å². The summed E-state index contributed by atoms with van der Waals surface area (Å²) in [6, 6.07) is 0.534. The van der Waals surface area contributed by atoms with Crippen molar-refractivity contribution in [2.45, 2.75) is 56.9 Å². The molecule has 2 aliphatic carbocycles. The summed E-state index contributed by atoms with van der Waals surface area (Å²) < 4.78 is 2.21. The molecule has 2 amide bonds. The van der Waals surface area contributed by atoms with E-state index < -0.39 is 0 Å². The van der Waals surface area contributed by atoms with E-state index in [9.17, 15) is 9.59 Å². The number of carbonyl (C=O) groups is 2. The number of nitrogens with one attached hydrogen (secondary N) is 1. The molecule has 5 heteroatoms. The Balaban J connectivity index is 1.69. The molecule has 112 valence electrons. The van der Waals surface area contributed by atoms with Crippen LogP contribution in [0.2, 0.25) is 0 Å². The Morgan fingerprint density at radius 1 is 1.14 bits per heavy atom. The normalized spacial score (nSPS) is 30.7. The van der Waals surface area contributed by atoms with Gasteiger partial charge in [0.25, 0.3) is 0 Å². The van der Waals surface area contributed by atoms with Gasteiger partial charge < -0.3 is 4.57 Å². The van der Waals surface area contributed by atoms with E-state index in [-0.39, 0.29) is 23.7 Å². The second-order valence-electron chi connectivity index (χ2n) is 6.75. The zero-order chi connectivity index (χ0) is 14.4. The molecule has 2 heterocycles. The van der Waals surface area contributed by atoms with Gasteiger partial charge in [0.05, 0.1) is 12.2 Å². The first-order valence-corrected chi connectivity index (χ1v) is 8.09. The molecule has 3 fully saturated rings. The molecule has 0 aromatic carbocycles. The third kappa shape index (κ3) is 2.28. The average molecular weight is 287 g/mol. The highest BCUT2D eigenvalue weighted by Crippen LogP contribution is 2.45. The molecule has 2 unspecified atom stereocenters. The van der Waals surface area contributed by atoms with Crippen molar-refractivity contribution in [2.75, 3.05) is 0 Å². The fourth-order valence-corrected chi connectivity index (χ4v) is 4.19. The van der Waals surface area contributed by atoms with Crippen LogP contribution in [0.25, 0.3) is 0 Å². The van der Waals surface area contributed by atoms with E-state index in [4.69, 9.17) is 0 Å². The van der Waals surface area contributed by atoms with Crippen molar-refractivity contribution in [1.82, 2.24) is 14.9 Å². The maximum absolute atomic E-state index is 12.4. The third-order valence-electron chi connectivity index (χ3n) is 5.33. The highest BCUT2D eigenvalue weighted by molar-refractivity contribution is 6.00. The SMILES string of the molecule is O=C1CC(c2cncn2C2CC2)C(C2CCCC2)C(=O)N1. The fourth-order valence-electron chi connectivity index (χ4n) is 4.19. The van der Waals surface area contributed by atoms with Gasteiger partial charge in [-0.25, -0.2) is 4.98 Å². The zero-order valence-corrected chi connectivity index (χ0v) is 12.1. The second kappa shape index (κ2) is 4.97. The van der Waals surface area contributed by atoms with Crippen LogP contribution in [-0.2, 0) is 9.59 Å². The van der Waals surface area contributed by atoms with Gasteiger partial charge in [-0.1, -0.05) is 12.8 Å². The number of hydrogen-bond donors (Lipinski definition) is 1. The van der Waals surface area contributed by atoms with Crippen molar-refractivity contribution in [3.05, 3.63) is 18.2 Å². The number of imide groups is 1. The number of hydrogen-bond acceptors (Lipinski definition) is 3. The molecule has 1 saturated heterocycles. The van der Waals surface area contributed by atoms with E-state index in [0.717, 1.165) is 18.5 Å². The average Bonchev–Trinajstić information content (AvgIpc) is 2.98. The fraction of sp³-hybridized carbons (Fsp3) is 0.688. The first kappa shape index (κ1) is 13.0. The molecular weight excluding hydrogens is 266 g/mol. The molecule has 1 aromatic heterocycles. The number of nitrogens with zero attached hydrogens (tertiary/aromatic N) is 2. The van der Waals surface area contributed by atoms with Gasteiger partial charge in [-0.3, -0.25) is 14.9 Å². The Kier molecular flexibility index (Phi) is 3.08. The largest absolute Gasteiger partial charge is 0.331 e. The summed E-state index contributed by atoms with van der Waals surface area (Å²) in [4.78, 5) is 28.6. The predicted octanol–water partition coefficient (Wildman–Crippen LogP) is 2.15. The minimum atomic E-state index is -0.136. The second-order valence-corrected chi connectivity index (χ2v) is 6.75. The minimum Gasteiger partial charge on any atom is -0.331 e. The molecular formula is C16H21N3O2. The number of imidazole rings is 1. The number of rotatable bonds is 3. The van der Waals surface area contributed by atoms with Gasteiger partial charge in [-0.2, -0.15) is 0 Å². The molecule has 3 aliphatic rings. The molecule has 1 aromatic rings. The van der Waals surface area contributed by atoms with Gasteiger partial charge >= 0.3 is 0 Å². The highest BCUT2D eigenvalue weighted by atomic mass is 16.2. The summed E-state index contributed by atoms with van der Waals surface area (Å²) in [5.41, 5.74) is 1.10. The first-order valence-electron chi connectivity index (χ1n) is 8.09. The van der Waals surface area contributed by atoms with Crippen molar-refractivity contribution < 1.29 is 9.59 Å². The molecule has 5 nitrogen and oxygen atoms in total. The quantitative estimate of drug-likeness (QED) is 0.866. The Labute approximate surface area is 124 Å². The van der Waals surface area contributed by atoms with E-state index in [1.54, 1.807) is 0 Å². The molecule has 2 atom stereocenters. The van der Waals surface area contributed by atoms with Crippen LogP contribution in [0.5, 0.6) is 0 Å². The summed E-state index contributed by atoms with van der Waals surface area (Å²) in [7, 11) is 0. The zero-order valence-electron chi connectivity index (χ0n) is 12.1. The van der Waals surface area contributed by atoms with Crippen LogP contribution in [0.3, 0.4) is 0 Å². The lowest BCUT2D eigenvalue weighted by molar-refractivity contribution is -0.139. The van der Waals surface area contributed by atoms with E-state index in [0.29, 0.717) is 18.4 Å². The van der Waals surface area contributed by atoms with Crippen molar-refractivity contribution in [2.24, 2.45) is 11.8 Å². The molecule has 2 saturated carbocycles. The third-order valence-corrected chi connectivity index (χ3v) is 5.33. The Hall–Kier alpha value is -1.65. The lowest BCUT2D eigenvalue weighted by atomic mass is 9.74. The minimum absolute atomic E-state index is 0.0115. The van der Waals surface area contributed by atoms with Crippen molar-refractivity contribution in [3.63, 3.8) is 0 Å². The molecule has 0 bridgehead atoms. The van der Waals surface area contributed by atoms with Gasteiger partial charge in [0.15, 0.2) is 0 Å². The Bertz CT molecular complexity index is 570. The van der Waals surface area contributed by atoms with Gasteiger partial charge in [0, 0.05) is 30.3 Å². The predicted molar refractivity (Wildman–Crippen MR) is 76.5 cm³/mol. The molecule has 1 aliphatic heterocycles. The van der Waals surface area contributed by atoms with Gasteiger partial charge in [0.1, 0.15) is 0 Å². The number of carbonyl (C=O) groups excluding carboxylic acids is 2.